The van der Waals surface area contributed by atoms with Crippen LogP contribution in [0, 0.1) is 6.92 Å². The number of ether oxygens (including phenoxy) is 1. The first kappa shape index (κ1) is 22.2. The highest BCUT2D eigenvalue weighted by molar-refractivity contribution is 5.96. The molecule has 0 aliphatic heterocycles. The van der Waals surface area contributed by atoms with Gasteiger partial charge in [-0.2, -0.15) is 0 Å². The minimum atomic E-state index is -0.807. The number of hydrogen-bond donors (Lipinski definition) is 2. The molecule has 1 aromatic carbocycles. The number of nitrogens with zero attached hydrogens (tertiary/aromatic N) is 3. The van der Waals surface area contributed by atoms with Crippen LogP contribution in [0.15, 0.2) is 35.3 Å². The third-order valence-electron chi connectivity index (χ3n) is 6.01. The molecule has 4 rings (SSSR count). The van der Waals surface area contributed by atoms with Crippen LogP contribution in [0.4, 0.5) is 0 Å². The van der Waals surface area contributed by atoms with E-state index in [1.54, 1.807) is 31.7 Å². The molecule has 8 nitrogen and oxygen atoms in total. The van der Waals surface area contributed by atoms with Crippen molar-refractivity contribution in [2.75, 3.05) is 20.3 Å². The zero-order valence-corrected chi connectivity index (χ0v) is 19.0. The third kappa shape index (κ3) is 4.08. The quantitative estimate of drug-likeness (QED) is 0.563. The van der Waals surface area contributed by atoms with Gasteiger partial charge in [0.05, 0.1) is 30.8 Å². The largest absolute Gasteiger partial charge is 0.394 e. The van der Waals surface area contributed by atoms with Crippen LogP contribution in [0.5, 0.6) is 0 Å². The van der Waals surface area contributed by atoms with Crippen LogP contribution in [0.2, 0.25) is 0 Å². The number of fused-ring (bicyclic) bond motifs is 1. The first-order valence-electron chi connectivity index (χ1n) is 10.9. The molecule has 0 radical (unpaired) electrons. The van der Waals surface area contributed by atoms with E-state index in [1.165, 1.54) is 4.57 Å². The number of imidazole rings is 1. The van der Waals surface area contributed by atoms with Gasteiger partial charge in [0.1, 0.15) is 0 Å². The van der Waals surface area contributed by atoms with E-state index in [1.807, 2.05) is 31.2 Å². The van der Waals surface area contributed by atoms with Crippen molar-refractivity contribution in [3.63, 3.8) is 0 Å². The summed E-state index contributed by atoms with van der Waals surface area (Å²) in [4.78, 5) is 30.4. The first-order valence-corrected chi connectivity index (χ1v) is 10.9. The fraction of sp³-hybridized carbons (Fsp3) is 0.458. The summed E-state index contributed by atoms with van der Waals surface area (Å²) in [6.45, 7) is 6.14. The Morgan fingerprint density at radius 1 is 1.31 bits per heavy atom. The molecule has 0 saturated heterocycles. The van der Waals surface area contributed by atoms with Gasteiger partial charge in [-0.3, -0.25) is 13.9 Å². The van der Waals surface area contributed by atoms with Crippen LogP contribution in [0.25, 0.3) is 22.3 Å². The average Bonchev–Trinajstić information content (AvgIpc) is 3.54. The molecule has 0 unspecified atom stereocenters. The van der Waals surface area contributed by atoms with Crippen molar-refractivity contribution in [1.82, 2.24) is 19.4 Å². The predicted molar refractivity (Wildman–Crippen MR) is 123 cm³/mol. The summed E-state index contributed by atoms with van der Waals surface area (Å²) >= 11 is 0. The molecule has 1 amide bonds. The van der Waals surface area contributed by atoms with E-state index in [-0.39, 0.29) is 24.2 Å². The molecular weight excluding hydrogens is 408 g/mol. The second-order valence-electron chi connectivity index (χ2n) is 9.08. The molecule has 32 heavy (non-hydrogen) atoms. The Morgan fingerprint density at radius 3 is 2.72 bits per heavy atom. The van der Waals surface area contributed by atoms with E-state index < -0.39 is 5.54 Å². The molecule has 2 heterocycles. The molecule has 0 atom stereocenters. The number of carbonyl (C=O) groups is 1. The van der Waals surface area contributed by atoms with Crippen LogP contribution in [0.1, 0.15) is 42.6 Å². The lowest BCUT2D eigenvalue weighted by Gasteiger charge is -2.23. The Kier molecular flexibility index (Phi) is 5.92. The summed E-state index contributed by atoms with van der Waals surface area (Å²) in [6, 6.07) is 7.85. The molecule has 170 valence electrons. The van der Waals surface area contributed by atoms with Crippen molar-refractivity contribution in [3.05, 3.63) is 52.1 Å². The third-order valence-corrected chi connectivity index (χ3v) is 6.01. The van der Waals surface area contributed by atoms with Gasteiger partial charge in [-0.25, -0.2) is 9.78 Å². The SMILES string of the molecule is COCCn1c(=O)n(C(C)(C)CO)c2ncc(-c3cc(C(=O)NC4CC4)ccc3C)cc21. The highest BCUT2D eigenvalue weighted by atomic mass is 16.5. The number of hydrogen-bond acceptors (Lipinski definition) is 5. The molecule has 2 N–H and O–H groups in total. The maximum absolute atomic E-state index is 13.2. The Bertz CT molecular complexity index is 1220. The molecule has 0 spiro atoms. The number of aliphatic hydroxyl groups is 1. The summed E-state index contributed by atoms with van der Waals surface area (Å²) < 4.78 is 8.37. The highest BCUT2D eigenvalue weighted by Gasteiger charge is 2.28. The minimum Gasteiger partial charge on any atom is -0.394 e. The lowest BCUT2D eigenvalue weighted by atomic mass is 9.98. The van der Waals surface area contributed by atoms with E-state index in [4.69, 9.17) is 4.74 Å². The number of amides is 1. The van der Waals surface area contributed by atoms with Gasteiger partial charge in [-0.1, -0.05) is 6.07 Å². The number of pyridine rings is 1. The Hall–Kier alpha value is -2.97. The zero-order chi connectivity index (χ0) is 23.0. The van der Waals surface area contributed by atoms with Crippen molar-refractivity contribution in [2.24, 2.45) is 0 Å². The maximum Gasteiger partial charge on any atom is 0.330 e. The minimum absolute atomic E-state index is 0.0735. The van der Waals surface area contributed by atoms with Gasteiger partial charge in [-0.05, 0) is 62.9 Å². The molecule has 1 saturated carbocycles. The van der Waals surface area contributed by atoms with Crippen molar-refractivity contribution < 1.29 is 14.6 Å². The summed E-state index contributed by atoms with van der Waals surface area (Å²) in [5, 5.41) is 12.9. The molecule has 8 heteroatoms. The maximum atomic E-state index is 13.2. The number of aryl methyl sites for hydroxylation is 1. The normalized spacial score (nSPS) is 14.2. The smallest absolute Gasteiger partial charge is 0.330 e. The lowest BCUT2D eigenvalue weighted by Crippen LogP contribution is -2.40. The molecule has 1 fully saturated rings. The number of methoxy groups -OCH3 is 1. The van der Waals surface area contributed by atoms with Gasteiger partial charge in [0.15, 0.2) is 5.65 Å². The Labute approximate surface area is 186 Å². The van der Waals surface area contributed by atoms with Gasteiger partial charge in [0.2, 0.25) is 0 Å². The topological polar surface area (TPSA) is 98.4 Å². The van der Waals surface area contributed by atoms with E-state index in [0.717, 1.165) is 29.5 Å². The molecule has 1 aliphatic carbocycles. The van der Waals surface area contributed by atoms with Crippen LogP contribution in [0.3, 0.4) is 0 Å². The van der Waals surface area contributed by atoms with Gasteiger partial charge in [-0.15, -0.1) is 0 Å². The monoisotopic (exact) mass is 438 g/mol. The molecule has 2 aromatic heterocycles. The van der Waals surface area contributed by atoms with Crippen LogP contribution < -0.4 is 11.0 Å². The van der Waals surface area contributed by atoms with Crippen LogP contribution >= 0.6 is 0 Å². The molecule has 0 bridgehead atoms. The second kappa shape index (κ2) is 8.52. The molecular formula is C24H30N4O4. The molecule has 3 aromatic rings. The Balaban J connectivity index is 1.84. The Morgan fingerprint density at radius 2 is 2.06 bits per heavy atom. The number of nitrogens with one attached hydrogen (secondary N) is 1. The zero-order valence-electron chi connectivity index (χ0n) is 19.0. The van der Waals surface area contributed by atoms with E-state index in [2.05, 4.69) is 10.3 Å². The van der Waals surface area contributed by atoms with Crippen molar-refractivity contribution in [1.29, 1.82) is 0 Å². The summed E-state index contributed by atoms with van der Waals surface area (Å²) in [7, 11) is 1.59. The predicted octanol–water partition coefficient (Wildman–Crippen LogP) is 2.44. The highest BCUT2D eigenvalue weighted by Crippen LogP contribution is 2.29. The number of aliphatic hydroxyl groups excluding tert-OH is 1. The van der Waals surface area contributed by atoms with Gasteiger partial charge >= 0.3 is 5.69 Å². The number of aromatic nitrogens is 3. The van der Waals surface area contributed by atoms with Crippen molar-refractivity contribution in [3.8, 4) is 11.1 Å². The number of benzene rings is 1. The van der Waals surface area contributed by atoms with Gasteiger partial charge < -0.3 is 15.2 Å². The molecule has 1 aliphatic rings. The van der Waals surface area contributed by atoms with E-state index in [9.17, 15) is 14.7 Å². The fourth-order valence-corrected chi connectivity index (χ4v) is 3.86. The number of rotatable bonds is 8. The lowest BCUT2D eigenvalue weighted by molar-refractivity contribution is 0.0951. The summed E-state index contributed by atoms with van der Waals surface area (Å²) in [5.41, 5.74) is 3.45. The second-order valence-corrected chi connectivity index (χ2v) is 9.08. The average molecular weight is 439 g/mol. The summed E-state index contributed by atoms with van der Waals surface area (Å²) in [5.74, 6) is -0.0735. The van der Waals surface area contributed by atoms with Gasteiger partial charge in [0.25, 0.3) is 5.91 Å². The fourth-order valence-electron chi connectivity index (χ4n) is 3.86. The summed E-state index contributed by atoms with van der Waals surface area (Å²) in [6.07, 6.45) is 3.79. The van der Waals surface area contributed by atoms with E-state index in [0.29, 0.717) is 29.9 Å². The van der Waals surface area contributed by atoms with Crippen molar-refractivity contribution >= 4 is 17.1 Å². The van der Waals surface area contributed by atoms with Gasteiger partial charge in [0, 0.05) is 30.5 Å². The standard InChI is InChI=1S/C24H30N4O4/c1-15-5-6-16(22(30)26-18-7-8-18)11-19(15)17-12-20-21(25-13-17)28(24(2,3)14-29)23(31)27(20)9-10-32-4/h5-6,11-13,18,29H,7-10,14H2,1-4H3,(H,26,30). The van der Waals surface area contributed by atoms with Crippen LogP contribution in [-0.2, 0) is 16.8 Å². The first-order chi connectivity index (χ1) is 15.3. The van der Waals surface area contributed by atoms with Crippen molar-refractivity contribution in [2.45, 2.75) is 51.7 Å². The van der Waals surface area contributed by atoms with Crippen LogP contribution in [-0.4, -0.2) is 51.5 Å². The van der Waals surface area contributed by atoms with E-state index >= 15 is 0 Å². The number of carbonyl (C=O) groups excluding carboxylic acids is 1.